The Hall–Kier alpha value is -0.260. The number of thioether (sulfide) groups is 1. The molecule has 1 aromatic heterocycles. The predicted octanol–water partition coefficient (Wildman–Crippen LogP) is 4.22. The molecule has 0 aliphatic rings. The Bertz CT molecular complexity index is 484. The molecule has 0 amide bonds. The Balaban J connectivity index is 2.13. The van der Waals surface area contributed by atoms with Crippen molar-refractivity contribution in [2.24, 2.45) is 0 Å². The van der Waals surface area contributed by atoms with Gasteiger partial charge in [-0.3, -0.25) is 0 Å². The minimum absolute atomic E-state index is 0.610. The van der Waals surface area contributed by atoms with Crippen LogP contribution in [0.3, 0.4) is 0 Å². The molecular formula is C11H13BrN2S2. The van der Waals surface area contributed by atoms with Crippen molar-refractivity contribution in [1.29, 1.82) is 0 Å². The Kier molecular flexibility index (Phi) is 4.10. The molecule has 0 saturated carbocycles. The molecule has 1 heterocycles. The van der Waals surface area contributed by atoms with Crippen LogP contribution in [0.1, 0.15) is 6.92 Å². The molecule has 1 N–H and O–H groups in total. The number of anilines is 1. The van der Waals surface area contributed by atoms with E-state index >= 15 is 0 Å². The molecule has 2 aromatic rings. The van der Waals surface area contributed by atoms with Gasteiger partial charge in [0.2, 0.25) is 0 Å². The van der Waals surface area contributed by atoms with Gasteiger partial charge in [-0.25, -0.2) is 4.98 Å². The molecule has 0 radical (unpaired) electrons. The maximum atomic E-state index is 4.55. The van der Waals surface area contributed by atoms with E-state index in [0.29, 0.717) is 5.25 Å². The summed E-state index contributed by atoms with van der Waals surface area (Å²) >= 11 is 7.02. The van der Waals surface area contributed by atoms with Gasteiger partial charge in [-0.05, 0) is 24.5 Å². The first-order chi connectivity index (χ1) is 7.69. The Morgan fingerprint density at radius 2 is 2.38 bits per heavy atom. The van der Waals surface area contributed by atoms with E-state index in [0.717, 1.165) is 21.7 Å². The van der Waals surface area contributed by atoms with Gasteiger partial charge < -0.3 is 5.32 Å². The normalized spacial score (nSPS) is 12.9. The van der Waals surface area contributed by atoms with Gasteiger partial charge in [0, 0.05) is 16.3 Å². The molecule has 1 atom stereocenters. The van der Waals surface area contributed by atoms with E-state index in [1.165, 1.54) is 4.70 Å². The summed E-state index contributed by atoms with van der Waals surface area (Å²) in [4.78, 5) is 4.55. The highest BCUT2D eigenvalue weighted by Crippen LogP contribution is 2.28. The van der Waals surface area contributed by atoms with Crippen molar-refractivity contribution in [1.82, 2.24) is 4.98 Å². The molecule has 2 nitrogen and oxygen atoms in total. The molecule has 1 unspecified atom stereocenters. The summed E-state index contributed by atoms with van der Waals surface area (Å²) in [6.45, 7) is 3.17. The van der Waals surface area contributed by atoms with E-state index < -0.39 is 0 Å². The van der Waals surface area contributed by atoms with E-state index in [1.54, 1.807) is 11.3 Å². The van der Waals surface area contributed by atoms with Crippen LogP contribution in [0.2, 0.25) is 0 Å². The lowest BCUT2D eigenvalue weighted by molar-refractivity contribution is 1.00. The summed E-state index contributed by atoms with van der Waals surface area (Å²) < 4.78 is 2.30. The van der Waals surface area contributed by atoms with Gasteiger partial charge in [-0.1, -0.05) is 34.2 Å². The van der Waals surface area contributed by atoms with Crippen LogP contribution in [0.15, 0.2) is 22.7 Å². The first-order valence-corrected chi connectivity index (χ1v) is 7.91. The van der Waals surface area contributed by atoms with E-state index in [2.05, 4.69) is 57.6 Å². The van der Waals surface area contributed by atoms with Gasteiger partial charge in [0.05, 0.1) is 10.2 Å². The quantitative estimate of drug-likeness (QED) is 0.914. The number of hydrogen-bond acceptors (Lipinski definition) is 4. The number of aromatic nitrogens is 1. The summed E-state index contributed by atoms with van der Waals surface area (Å²) in [7, 11) is 0. The number of fused-ring (bicyclic) bond motifs is 1. The lowest BCUT2D eigenvalue weighted by atomic mass is 10.3. The molecule has 5 heteroatoms. The third-order valence-electron chi connectivity index (χ3n) is 2.29. The number of hydrogen-bond donors (Lipinski definition) is 1. The molecule has 0 saturated heterocycles. The fourth-order valence-corrected chi connectivity index (χ4v) is 2.74. The number of nitrogens with zero attached hydrogens (tertiary/aromatic N) is 1. The summed E-state index contributed by atoms with van der Waals surface area (Å²) in [6.07, 6.45) is 2.13. The molecule has 0 aliphatic heterocycles. The number of halogens is 1. The van der Waals surface area contributed by atoms with Crippen molar-refractivity contribution in [3.8, 4) is 0 Å². The highest BCUT2D eigenvalue weighted by Gasteiger charge is 2.05. The standard InChI is InChI=1S/C11H13BrN2S2/c1-7(15-2)6-13-11-14-9-5-8(12)3-4-10(9)16-11/h3-5,7H,6H2,1-2H3,(H,13,14). The zero-order chi connectivity index (χ0) is 11.5. The minimum Gasteiger partial charge on any atom is -0.360 e. The molecule has 1 aromatic carbocycles. The molecule has 2 rings (SSSR count). The SMILES string of the molecule is CSC(C)CNc1nc2cc(Br)ccc2s1. The first-order valence-electron chi connectivity index (χ1n) is 5.02. The van der Waals surface area contributed by atoms with Crippen LogP contribution < -0.4 is 5.32 Å². The van der Waals surface area contributed by atoms with Crippen LogP contribution >= 0.6 is 39.0 Å². The smallest absolute Gasteiger partial charge is 0.183 e. The third-order valence-corrected chi connectivity index (χ3v) is 4.75. The Morgan fingerprint density at radius 1 is 1.56 bits per heavy atom. The van der Waals surface area contributed by atoms with E-state index in [4.69, 9.17) is 0 Å². The van der Waals surface area contributed by atoms with Crippen molar-refractivity contribution >= 4 is 54.4 Å². The molecule has 16 heavy (non-hydrogen) atoms. The lowest BCUT2D eigenvalue weighted by Crippen LogP contribution is -2.12. The Labute approximate surface area is 112 Å². The van der Waals surface area contributed by atoms with E-state index in [-0.39, 0.29) is 0 Å². The molecule has 0 aliphatic carbocycles. The van der Waals surface area contributed by atoms with Crippen molar-refractivity contribution in [2.75, 3.05) is 18.1 Å². The van der Waals surface area contributed by atoms with Gasteiger partial charge in [-0.15, -0.1) is 0 Å². The van der Waals surface area contributed by atoms with Gasteiger partial charge >= 0.3 is 0 Å². The van der Waals surface area contributed by atoms with Crippen molar-refractivity contribution in [2.45, 2.75) is 12.2 Å². The predicted molar refractivity (Wildman–Crippen MR) is 78.8 cm³/mol. The van der Waals surface area contributed by atoms with Gasteiger partial charge in [0.1, 0.15) is 0 Å². The number of thiazole rings is 1. The van der Waals surface area contributed by atoms with Crippen LogP contribution in [0, 0.1) is 0 Å². The molecular weight excluding hydrogens is 304 g/mol. The summed E-state index contributed by atoms with van der Waals surface area (Å²) in [5.41, 5.74) is 1.05. The summed E-state index contributed by atoms with van der Waals surface area (Å²) in [5, 5.41) is 4.99. The fourth-order valence-electron chi connectivity index (χ4n) is 1.29. The average Bonchev–Trinajstić information content (AvgIpc) is 2.67. The van der Waals surface area contributed by atoms with E-state index in [9.17, 15) is 0 Å². The van der Waals surface area contributed by atoms with Gasteiger partial charge in [-0.2, -0.15) is 11.8 Å². The first kappa shape index (κ1) is 12.2. The Morgan fingerprint density at radius 3 is 3.12 bits per heavy atom. The lowest BCUT2D eigenvalue weighted by Gasteiger charge is -2.07. The van der Waals surface area contributed by atoms with Gasteiger partial charge in [0.15, 0.2) is 5.13 Å². The van der Waals surface area contributed by atoms with Crippen LogP contribution in [-0.4, -0.2) is 23.0 Å². The number of nitrogens with one attached hydrogen (secondary N) is 1. The molecule has 86 valence electrons. The minimum atomic E-state index is 0.610. The largest absolute Gasteiger partial charge is 0.360 e. The average molecular weight is 317 g/mol. The second-order valence-corrected chi connectivity index (χ2v) is 6.78. The van der Waals surface area contributed by atoms with Crippen LogP contribution in [0.25, 0.3) is 10.2 Å². The highest BCUT2D eigenvalue weighted by atomic mass is 79.9. The van der Waals surface area contributed by atoms with Crippen molar-refractivity contribution < 1.29 is 0 Å². The molecule has 0 spiro atoms. The fraction of sp³-hybridized carbons (Fsp3) is 0.364. The van der Waals surface area contributed by atoms with Crippen molar-refractivity contribution in [3.05, 3.63) is 22.7 Å². The van der Waals surface area contributed by atoms with Crippen LogP contribution in [-0.2, 0) is 0 Å². The van der Waals surface area contributed by atoms with E-state index in [1.807, 2.05) is 11.8 Å². The van der Waals surface area contributed by atoms with Crippen LogP contribution in [0.4, 0.5) is 5.13 Å². The second kappa shape index (κ2) is 5.38. The zero-order valence-electron chi connectivity index (χ0n) is 9.16. The zero-order valence-corrected chi connectivity index (χ0v) is 12.4. The highest BCUT2D eigenvalue weighted by molar-refractivity contribution is 9.10. The number of benzene rings is 1. The maximum absolute atomic E-state index is 4.55. The van der Waals surface area contributed by atoms with Crippen molar-refractivity contribution in [3.63, 3.8) is 0 Å². The number of rotatable bonds is 4. The maximum Gasteiger partial charge on any atom is 0.183 e. The molecule has 0 bridgehead atoms. The molecule has 0 fully saturated rings. The van der Waals surface area contributed by atoms with Crippen LogP contribution in [0.5, 0.6) is 0 Å². The topological polar surface area (TPSA) is 24.9 Å². The monoisotopic (exact) mass is 316 g/mol. The van der Waals surface area contributed by atoms with Gasteiger partial charge in [0.25, 0.3) is 0 Å². The summed E-state index contributed by atoms with van der Waals surface area (Å²) in [5.74, 6) is 0. The second-order valence-electron chi connectivity index (χ2n) is 3.56. The summed E-state index contributed by atoms with van der Waals surface area (Å²) in [6, 6.07) is 6.20. The third kappa shape index (κ3) is 2.90.